The number of nitrogens with two attached hydrogens (primary N) is 1. The summed E-state index contributed by atoms with van der Waals surface area (Å²) in [5, 5.41) is 3.32. The predicted molar refractivity (Wildman–Crippen MR) is 58.5 cm³/mol. The summed E-state index contributed by atoms with van der Waals surface area (Å²) in [5.41, 5.74) is 6.34. The van der Waals surface area contributed by atoms with Crippen LogP contribution in [0.5, 0.6) is 0 Å². The van der Waals surface area contributed by atoms with Gasteiger partial charge in [-0.05, 0) is 19.3 Å². The molecule has 2 atom stereocenters. The Morgan fingerprint density at radius 1 is 1.53 bits per heavy atom. The van der Waals surface area contributed by atoms with E-state index in [1.54, 1.807) is 13.3 Å². The standard InChI is InChI=1S/C10H16N4O/c1-15-8-3-2-7(4-8)14-10-9(11)5-12-6-13-10/h5-8H,2-4,11H2,1H3,(H,12,13,14). The van der Waals surface area contributed by atoms with E-state index >= 15 is 0 Å². The van der Waals surface area contributed by atoms with E-state index in [2.05, 4.69) is 15.3 Å². The summed E-state index contributed by atoms with van der Waals surface area (Å²) in [5.74, 6) is 0.728. The van der Waals surface area contributed by atoms with Crippen LogP contribution in [0.15, 0.2) is 12.5 Å². The number of ether oxygens (including phenoxy) is 1. The molecule has 0 spiro atoms. The third-order valence-electron chi connectivity index (χ3n) is 2.80. The van der Waals surface area contributed by atoms with Crippen LogP contribution in [0.2, 0.25) is 0 Å². The van der Waals surface area contributed by atoms with Crippen LogP contribution in [-0.4, -0.2) is 29.2 Å². The van der Waals surface area contributed by atoms with Crippen LogP contribution in [0.3, 0.4) is 0 Å². The van der Waals surface area contributed by atoms with Gasteiger partial charge in [0, 0.05) is 13.2 Å². The second-order valence-electron chi connectivity index (χ2n) is 3.84. The number of hydrogen-bond acceptors (Lipinski definition) is 5. The van der Waals surface area contributed by atoms with Gasteiger partial charge in [-0.15, -0.1) is 0 Å². The predicted octanol–water partition coefficient (Wildman–Crippen LogP) is 1.04. The Morgan fingerprint density at radius 3 is 3.07 bits per heavy atom. The fourth-order valence-electron chi connectivity index (χ4n) is 1.94. The molecule has 0 radical (unpaired) electrons. The van der Waals surface area contributed by atoms with E-state index in [0.717, 1.165) is 25.1 Å². The summed E-state index contributed by atoms with van der Waals surface area (Å²) >= 11 is 0. The van der Waals surface area contributed by atoms with E-state index in [9.17, 15) is 0 Å². The lowest BCUT2D eigenvalue weighted by molar-refractivity contribution is 0.108. The Morgan fingerprint density at radius 2 is 2.40 bits per heavy atom. The number of methoxy groups -OCH3 is 1. The lowest BCUT2D eigenvalue weighted by Crippen LogP contribution is -2.19. The Bertz CT molecular complexity index is 331. The van der Waals surface area contributed by atoms with Crippen LogP contribution in [0.25, 0.3) is 0 Å². The van der Waals surface area contributed by atoms with Crippen LogP contribution in [0.4, 0.5) is 11.5 Å². The number of anilines is 2. The van der Waals surface area contributed by atoms with Gasteiger partial charge in [0.05, 0.1) is 18.0 Å². The van der Waals surface area contributed by atoms with Gasteiger partial charge in [-0.2, -0.15) is 0 Å². The summed E-state index contributed by atoms with van der Waals surface area (Å²) in [6.45, 7) is 0. The van der Waals surface area contributed by atoms with Crippen LogP contribution >= 0.6 is 0 Å². The Kier molecular flexibility index (Phi) is 3.01. The lowest BCUT2D eigenvalue weighted by atomic mass is 10.2. The zero-order chi connectivity index (χ0) is 10.7. The number of nitrogen functional groups attached to an aromatic ring is 1. The van der Waals surface area contributed by atoms with Crippen molar-refractivity contribution in [1.29, 1.82) is 0 Å². The van der Waals surface area contributed by atoms with E-state index < -0.39 is 0 Å². The van der Waals surface area contributed by atoms with Crippen molar-refractivity contribution in [2.75, 3.05) is 18.2 Å². The van der Waals surface area contributed by atoms with Gasteiger partial charge in [-0.25, -0.2) is 9.97 Å². The second kappa shape index (κ2) is 4.44. The van der Waals surface area contributed by atoms with Crippen molar-refractivity contribution in [2.24, 2.45) is 0 Å². The zero-order valence-corrected chi connectivity index (χ0v) is 8.81. The first-order chi connectivity index (χ1) is 7.29. The minimum absolute atomic E-state index is 0.366. The molecule has 5 nitrogen and oxygen atoms in total. The lowest BCUT2D eigenvalue weighted by Gasteiger charge is -2.14. The van der Waals surface area contributed by atoms with E-state index in [1.807, 2.05) is 0 Å². The van der Waals surface area contributed by atoms with Crippen molar-refractivity contribution >= 4 is 11.5 Å². The van der Waals surface area contributed by atoms with Crippen molar-refractivity contribution < 1.29 is 4.74 Å². The highest BCUT2D eigenvalue weighted by atomic mass is 16.5. The Hall–Kier alpha value is -1.36. The van der Waals surface area contributed by atoms with Gasteiger partial charge in [-0.3, -0.25) is 0 Å². The molecule has 1 saturated carbocycles. The van der Waals surface area contributed by atoms with Gasteiger partial charge in [0.25, 0.3) is 0 Å². The average Bonchev–Trinajstić information content (AvgIpc) is 2.69. The number of aromatic nitrogens is 2. The monoisotopic (exact) mass is 208 g/mol. The molecule has 15 heavy (non-hydrogen) atoms. The topological polar surface area (TPSA) is 73.1 Å². The molecule has 2 rings (SSSR count). The molecule has 82 valence electrons. The smallest absolute Gasteiger partial charge is 0.152 e. The van der Waals surface area contributed by atoms with Crippen molar-refractivity contribution in [3.8, 4) is 0 Å². The molecule has 1 aliphatic carbocycles. The molecule has 1 aromatic rings. The third-order valence-corrected chi connectivity index (χ3v) is 2.80. The first kappa shape index (κ1) is 10.2. The normalized spacial score (nSPS) is 25.4. The summed E-state index contributed by atoms with van der Waals surface area (Å²) in [7, 11) is 1.76. The molecule has 0 amide bonds. The van der Waals surface area contributed by atoms with E-state index in [-0.39, 0.29) is 0 Å². The molecule has 0 aromatic carbocycles. The number of nitrogens with zero attached hydrogens (tertiary/aromatic N) is 2. The molecular weight excluding hydrogens is 192 g/mol. The highest BCUT2D eigenvalue weighted by molar-refractivity contribution is 5.59. The van der Waals surface area contributed by atoms with Gasteiger partial charge in [0.2, 0.25) is 0 Å². The Balaban J connectivity index is 1.96. The number of rotatable bonds is 3. The molecule has 0 aliphatic heterocycles. The highest BCUT2D eigenvalue weighted by Crippen LogP contribution is 2.25. The van der Waals surface area contributed by atoms with Crippen molar-refractivity contribution in [3.05, 3.63) is 12.5 Å². The van der Waals surface area contributed by atoms with Crippen LogP contribution < -0.4 is 11.1 Å². The maximum absolute atomic E-state index is 5.75. The minimum Gasteiger partial charge on any atom is -0.394 e. The fourth-order valence-corrected chi connectivity index (χ4v) is 1.94. The van der Waals surface area contributed by atoms with Gasteiger partial charge < -0.3 is 15.8 Å². The summed E-state index contributed by atoms with van der Waals surface area (Å²) in [6, 6.07) is 0.409. The molecule has 1 aliphatic rings. The van der Waals surface area contributed by atoms with Crippen molar-refractivity contribution in [1.82, 2.24) is 9.97 Å². The van der Waals surface area contributed by atoms with Crippen LogP contribution in [0, 0.1) is 0 Å². The summed E-state index contributed by atoms with van der Waals surface area (Å²) < 4.78 is 5.31. The van der Waals surface area contributed by atoms with E-state index in [4.69, 9.17) is 10.5 Å². The molecule has 1 fully saturated rings. The fraction of sp³-hybridized carbons (Fsp3) is 0.600. The maximum Gasteiger partial charge on any atom is 0.152 e. The minimum atomic E-state index is 0.366. The molecule has 0 bridgehead atoms. The number of nitrogens with one attached hydrogen (secondary N) is 1. The van der Waals surface area contributed by atoms with Gasteiger partial charge in [-0.1, -0.05) is 0 Å². The maximum atomic E-state index is 5.75. The van der Waals surface area contributed by atoms with Gasteiger partial charge >= 0.3 is 0 Å². The average molecular weight is 208 g/mol. The van der Waals surface area contributed by atoms with Gasteiger partial charge in [0.15, 0.2) is 5.82 Å². The molecule has 2 unspecified atom stereocenters. The largest absolute Gasteiger partial charge is 0.394 e. The Labute approximate surface area is 89.1 Å². The van der Waals surface area contributed by atoms with Crippen molar-refractivity contribution in [2.45, 2.75) is 31.4 Å². The van der Waals surface area contributed by atoms with Crippen LogP contribution in [0.1, 0.15) is 19.3 Å². The summed E-state index contributed by atoms with van der Waals surface area (Å²) in [6.07, 6.45) is 6.69. The highest BCUT2D eigenvalue weighted by Gasteiger charge is 2.24. The summed E-state index contributed by atoms with van der Waals surface area (Å²) in [4.78, 5) is 7.95. The first-order valence-electron chi connectivity index (χ1n) is 5.14. The molecule has 1 heterocycles. The van der Waals surface area contributed by atoms with Crippen LogP contribution in [-0.2, 0) is 4.74 Å². The van der Waals surface area contributed by atoms with E-state index in [1.165, 1.54) is 6.33 Å². The zero-order valence-electron chi connectivity index (χ0n) is 8.81. The molecule has 3 N–H and O–H groups in total. The second-order valence-corrected chi connectivity index (χ2v) is 3.84. The molecule has 1 aromatic heterocycles. The van der Waals surface area contributed by atoms with E-state index in [0.29, 0.717) is 17.8 Å². The number of hydrogen-bond donors (Lipinski definition) is 2. The molecule has 5 heteroatoms. The first-order valence-corrected chi connectivity index (χ1v) is 5.14. The van der Waals surface area contributed by atoms with Crippen molar-refractivity contribution in [3.63, 3.8) is 0 Å². The molecular formula is C10H16N4O. The molecule has 0 saturated heterocycles. The quantitative estimate of drug-likeness (QED) is 0.776. The third kappa shape index (κ3) is 2.36. The SMILES string of the molecule is COC1CCC(Nc2ncncc2N)C1. The van der Waals surface area contributed by atoms with Gasteiger partial charge in [0.1, 0.15) is 6.33 Å².